The zero-order valence-corrected chi connectivity index (χ0v) is 11.4. The first kappa shape index (κ1) is 15.7. The van der Waals surface area contributed by atoms with Gasteiger partial charge in [-0.15, -0.1) is 0 Å². The SMILES string of the molecule is COCC(O)CN(C)C(=O)Nc1ccc(F)c(Cl)c1. The molecular weight excluding hydrogens is 275 g/mol. The van der Waals surface area contributed by atoms with E-state index >= 15 is 0 Å². The van der Waals surface area contributed by atoms with Crippen LogP contribution >= 0.6 is 11.6 Å². The topological polar surface area (TPSA) is 61.8 Å². The Morgan fingerprint density at radius 2 is 2.32 bits per heavy atom. The van der Waals surface area contributed by atoms with E-state index in [1.807, 2.05) is 0 Å². The van der Waals surface area contributed by atoms with Crippen LogP contribution < -0.4 is 5.32 Å². The number of methoxy groups -OCH3 is 1. The zero-order chi connectivity index (χ0) is 14.4. The summed E-state index contributed by atoms with van der Waals surface area (Å²) in [6, 6.07) is 3.45. The molecule has 0 aliphatic rings. The summed E-state index contributed by atoms with van der Waals surface area (Å²) in [5, 5.41) is 12.0. The Bertz CT molecular complexity index is 445. The number of halogens is 2. The molecular formula is C12H16ClFN2O3. The lowest BCUT2D eigenvalue weighted by atomic mass is 10.3. The molecule has 7 heteroatoms. The number of anilines is 1. The van der Waals surface area contributed by atoms with Crippen LogP contribution in [-0.2, 0) is 4.74 Å². The summed E-state index contributed by atoms with van der Waals surface area (Å²) in [5.41, 5.74) is 0.379. The van der Waals surface area contributed by atoms with Crippen LogP contribution in [0.2, 0.25) is 5.02 Å². The van der Waals surface area contributed by atoms with Crippen molar-refractivity contribution in [1.29, 1.82) is 0 Å². The molecule has 0 aliphatic heterocycles. The highest BCUT2D eigenvalue weighted by Crippen LogP contribution is 2.19. The fourth-order valence-corrected chi connectivity index (χ4v) is 1.62. The van der Waals surface area contributed by atoms with Crippen LogP contribution in [0.1, 0.15) is 0 Å². The lowest BCUT2D eigenvalue weighted by molar-refractivity contribution is 0.0501. The molecule has 5 nitrogen and oxygen atoms in total. The number of aliphatic hydroxyl groups excluding tert-OH is 1. The number of likely N-dealkylation sites (N-methyl/N-ethyl adjacent to an activating group) is 1. The smallest absolute Gasteiger partial charge is 0.321 e. The molecule has 0 saturated heterocycles. The predicted molar refractivity (Wildman–Crippen MR) is 70.9 cm³/mol. The summed E-state index contributed by atoms with van der Waals surface area (Å²) in [4.78, 5) is 13.1. The van der Waals surface area contributed by atoms with E-state index in [2.05, 4.69) is 5.32 Å². The maximum absolute atomic E-state index is 12.9. The van der Waals surface area contributed by atoms with Gasteiger partial charge in [0.25, 0.3) is 0 Å². The third-order valence-electron chi connectivity index (χ3n) is 2.36. The number of rotatable bonds is 5. The summed E-state index contributed by atoms with van der Waals surface area (Å²) in [6.45, 7) is 0.259. The molecule has 0 saturated carbocycles. The number of carbonyl (C=O) groups excluding carboxylic acids is 1. The van der Waals surface area contributed by atoms with Crippen LogP contribution in [0.25, 0.3) is 0 Å². The number of nitrogens with zero attached hydrogens (tertiary/aromatic N) is 1. The van der Waals surface area contributed by atoms with E-state index < -0.39 is 18.0 Å². The summed E-state index contributed by atoms with van der Waals surface area (Å²) in [7, 11) is 2.99. The van der Waals surface area contributed by atoms with Crippen molar-refractivity contribution in [1.82, 2.24) is 4.90 Å². The van der Waals surface area contributed by atoms with E-state index in [9.17, 15) is 14.3 Å². The fourth-order valence-electron chi connectivity index (χ4n) is 1.44. The van der Waals surface area contributed by atoms with Gasteiger partial charge in [0.05, 0.1) is 24.3 Å². The number of aliphatic hydroxyl groups is 1. The molecule has 1 atom stereocenters. The quantitative estimate of drug-likeness (QED) is 0.871. The monoisotopic (exact) mass is 290 g/mol. The number of ether oxygens (including phenoxy) is 1. The van der Waals surface area contributed by atoms with Crippen LogP contribution in [-0.4, -0.2) is 49.5 Å². The van der Waals surface area contributed by atoms with E-state index in [0.717, 1.165) is 6.07 Å². The Balaban J connectivity index is 2.56. The first-order chi connectivity index (χ1) is 8.93. The maximum Gasteiger partial charge on any atom is 0.321 e. The van der Waals surface area contributed by atoms with Gasteiger partial charge >= 0.3 is 6.03 Å². The molecule has 0 spiro atoms. The molecule has 0 heterocycles. The van der Waals surface area contributed by atoms with E-state index in [-0.39, 0.29) is 18.2 Å². The molecule has 106 valence electrons. The summed E-state index contributed by atoms with van der Waals surface area (Å²) in [5.74, 6) is -0.552. The largest absolute Gasteiger partial charge is 0.389 e. The van der Waals surface area contributed by atoms with Crippen molar-refractivity contribution in [2.75, 3.05) is 32.6 Å². The highest BCUT2D eigenvalue weighted by molar-refractivity contribution is 6.31. The first-order valence-corrected chi connectivity index (χ1v) is 5.96. The average molecular weight is 291 g/mol. The molecule has 0 radical (unpaired) electrons. The van der Waals surface area contributed by atoms with Crippen molar-refractivity contribution in [2.24, 2.45) is 0 Å². The predicted octanol–water partition coefficient (Wildman–Crippen LogP) is 1.95. The van der Waals surface area contributed by atoms with Crippen molar-refractivity contribution in [3.05, 3.63) is 29.0 Å². The van der Waals surface area contributed by atoms with E-state index in [1.54, 1.807) is 0 Å². The van der Waals surface area contributed by atoms with Gasteiger partial charge < -0.3 is 20.1 Å². The molecule has 2 N–H and O–H groups in total. The number of amides is 2. The van der Waals surface area contributed by atoms with E-state index in [1.165, 1.54) is 31.2 Å². The maximum atomic E-state index is 12.9. The molecule has 1 aromatic carbocycles. The minimum Gasteiger partial charge on any atom is -0.389 e. The molecule has 1 rings (SSSR count). The second-order valence-electron chi connectivity index (χ2n) is 4.05. The number of urea groups is 1. The number of carbonyl (C=O) groups is 1. The standard InChI is InChI=1S/C12H16ClFN2O3/c1-16(6-9(17)7-19-2)12(18)15-8-3-4-11(14)10(13)5-8/h3-5,9,17H,6-7H2,1-2H3,(H,15,18). The van der Waals surface area contributed by atoms with Crippen LogP contribution in [0, 0.1) is 5.82 Å². The van der Waals surface area contributed by atoms with Gasteiger partial charge in [0.1, 0.15) is 5.82 Å². The highest BCUT2D eigenvalue weighted by atomic mass is 35.5. The van der Waals surface area contributed by atoms with Crippen molar-refractivity contribution >= 4 is 23.3 Å². The Labute approximate surface area is 115 Å². The average Bonchev–Trinajstić information content (AvgIpc) is 2.34. The van der Waals surface area contributed by atoms with Crippen molar-refractivity contribution < 1.29 is 19.0 Å². The third-order valence-corrected chi connectivity index (χ3v) is 2.65. The Morgan fingerprint density at radius 3 is 2.89 bits per heavy atom. The number of hydrogen-bond donors (Lipinski definition) is 2. The first-order valence-electron chi connectivity index (χ1n) is 5.58. The fraction of sp³-hybridized carbons (Fsp3) is 0.417. The van der Waals surface area contributed by atoms with Gasteiger partial charge in [0.15, 0.2) is 0 Å². The van der Waals surface area contributed by atoms with Gasteiger partial charge in [0.2, 0.25) is 0 Å². The lowest BCUT2D eigenvalue weighted by Gasteiger charge is -2.21. The van der Waals surface area contributed by atoms with Crippen LogP contribution in [0.5, 0.6) is 0 Å². The van der Waals surface area contributed by atoms with E-state index in [4.69, 9.17) is 16.3 Å². The van der Waals surface area contributed by atoms with Crippen molar-refractivity contribution in [2.45, 2.75) is 6.10 Å². The molecule has 1 aromatic rings. The van der Waals surface area contributed by atoms with Gasteiger partial charge in [0, 0.05) is 19.8 Å². The number of benzene rings is 1. The second kappa shape index (κ2) is 7.28. The molecule has 0 aliphatic carbocycles. The normalized spacial score (nSPS) is 12.1. The lowest BCUT2D eigenvalue weighted by Crippen LogP contribution is -2.38. The van der Waals surface area contributed by atoms with Gasteiger partial charge in [-0.25, -0.2) is 9.18 Å². The van der Waals surface area contributed by atoms with Crippen LogP contribution in [0.3, 0.4) is 0 Å². The Kier molecular flexibility index (Phi) is 6.01. The Morgan fingerprint density at radius 1 is 1.63 bits per heavy atom. The van der Waals surface area contributed by atoms with Crippen molar-refractivity contribution in [3.8, 4) is 0 Å². The van der Waals surface area contributed by atoms with Gasteiger partial charge in [-0.05, 0) is 18.2 Å². The Hall–Kier alpha value is -1.37. The minimum atomic E-state index is -0.766. The van der Waals surface area contributed by atoms with Crippen LogP contribution in [0.4, 0.5) is 14.9 Å². The minimum absolute atomic E-state index is 0.0696. The number of hydrogen-bond acceptors (Lipinski definition) is 3. The van der Waals surface area contributed by atoms with Crippen LogP contribution in [0.15, 0.2) is 18.2 Å². The van der Waals surface area contributed by atoms with Gasteiger partial charge in [-0.3, -0.25) is 0 Å². The summed E-state index contributed by atoms with van der Waals surface area (Å²) < 4.78 is 17.7. The second-order valence-corrected chi connectivity index (χ2v) is 4.46. The van der Waals surface area contributed by atoms with E-state index in [0.29, 0.717) is 5.69 Å². The highest BCUT2D eigenvalue weighted by Gasteiger charge is 2.14. The molecule has 1 unspecified atom stereocenters. The molecule has 0 fully saturated rings. The van der Waals surface area contributed by atoms with Gasteiger partial charge in [-0.1, -0.05) is 11.6 Å². The third kappa shape index (κ3) is 5.02. The summed E-state index contributed by atoms with van der Waals surface area (Å²) in [6.07, 6.45) is -0.766. The van der Waals surface area contributed by atoms with Crippen molar-refractivity contribution in [3.63, 3.8) is 0 Å². The molecule has 0 aromatic heterocycles. The molecule has 19 heavy (non-hydrogen) atoms. The van der Waals surface area contributed by atoms with Gasteiger partial charge in [-0.2, -0.15) is 0 Å². The summed E-state index contributed by atoms with van der Waals surface area (Å²) >= 11 is 5.61. The zero-order valence-electron chi connectivity index (χ0n) is 10.7. The molecule has 0 bridgehead atoms. The number of nitrogens with one attached hydrogen (secondary N) is 1. The molecule has 2 amide bonds.